The predicted octanol–water partition coefficient (Wildman–Crippen LogP) is 2.23. The number of hydrogen-bond acceptors (Lipinski definition) is 3. The first-order valence-corrected chi connectivity index (χ1v) is 5.04. The standard InChI is InChI=1S/C10H9NO2S/c1-6-11-8-3-2-7(5-10(12)13)4-9(8)14-6/h2-4H,5H2,1H3,(H,12,13). The van der Waals surface area contributed by atoms with Crippen LogP contribution in [0.15, 0.2) is 18.2 Å². The molecule has 3 nitrogen and oxygen atoms in total. The van der Waals surface area contributed by atoms with E-state index < -0.39 is 5.97 Å². The Morgan fingerprint density at radius 1 is 1.57 bits per heavy atom. The molecule has 0 aliphatic carbocycles. The van der Waals surface area contributed by atoms with E-state index in [2.05, 4.69) is 4.98 Å². The second-order valence-electron chi connectivity index (χ2n) is 3.11. The van der Waals surface area contributed by atoms with Gasteiger partial charge in [-0.05, 0) is 24.6 Å². The van der Waals surface area contributed by atoms with Gasteiger partial charge in [0.2, 0.25) is 0 Å². The summed E-state index contributed by atoms with van der Waals surface area (Å²) in [6.45, 7) is 1.95. The van der Waals surface area contributed by atoms with Crippen LogP contribution in [0, 0.1) is 6.92 Å². The van der Waals surface area contributed by atoms with Gasteiger partial charge in [0, 0.05) is 0 Å². The van der Waals surface area contributed by atoms with Gasteiger partial charge in [-0.25, -0.2) is 4.98 Å². The molecule has 1 aromatic heterocycles. The van der Waals surface area contributed by atoms with E-state index in [4.69, 9.17) is 5.11 Å². The first-order valence-electron chi connectivity index (χ1n) is 4.23. The molecule has 0 unspecified atom stereocenters. The number of carboxylic acids is 1. The van der Waals surface area contributed by atoms with Crippen molar-refractivity contribution >= 4 is 27.5 Å². The molecule has 0 spiro atoms. The first-order chi connectivity index (χ1) is 6.65. The van der Waals surface area contributed by atoms with Gasteiger partial charge in [0.05, 0.1) is 21.6 Å². The van der Waals surface area contributed by atoms with Crippen molar-refractivity contribution in [3.05, 3.63) is 28.8 Å². The van der Waals surface area contributed by atoms with E-state index in [0.717, 1.165) is 20.8 Å². The third-order valence-electron chi connectivity index (χ3n) is 1.92. The zero-order valence-electron chi connectivity index (χ0n) is 7.65. The molecule has 14 heavy (non-hydrogen) atoms. The van der Waals surface area contributed by atoms with Gasteiger partial charge >= 0.3 is 5.97 Å². The number of carbonyl (C=O) groups is 1. The van der Waals surface area contributed by atoms with Crippen LogP contribution in [0.5, 0.6) is 0 Å². The van der Waals surface area contributed by atoms with Crippen LogP contribution in [0.25, 0.3) is 10.2 Å². The number of benzene rings is 1. The minimum Gasteiger partial charge on any atom is -0.481 e. The highest BCUT2D eigenvalue weighted by Crippen LogP contribution is 2.22. The average Bonchev–Trinajstić information content (AvgIpc) is 2.42. The van der Waals surface area contributed by atoms with Crippen LogP contribution in [0.3, 0.4) is 0 Å². The molecule has 2 rings (SSSR count). The van der Waals surface area contributed by atoms with Crippen LogP contribution >= 0.6 is 11.3 Å². The molecule has 4 heteroatoms. The molecular formula is C10H9NO2S. The lowest BCUT2D eigenvalue weighted by molar-refractivity contribution is -0.136. The second kappa shape index (κ2) is 3.38. The molecule has 1 heterocycles. The Morgan fingerprint density at radius 3 is 3.07 bits per heavy atom. The number of hydrogen-bond donors (Lipinski definition) is 1. The van der Waals surface area contributed by atoms with Gasteiger partial charge < -0.3 is 5.11 Å². The summed E-state index contributed by atoms with van der Waals surface area (Å²) >= 11 is 1.59. The van der Waals surface area contributed by atoms with E-state index in [9.17, 15) is 4.79 Å². The normalized spacial score (nSPS) is 10.6. The van der Waals surface area contributed by atoms with Crippen molar-refractivity contribution < 1.29 is 9.90 Å². The monoisotopic (exact) mass is 207 g/mol. The zero-order valence-corrected chi connectivity index (χ0v) is 8.47. The molecular weight excluding hydrogens is 198 g/mol. The minimum absolute atomic E-state index is 0.0763. The number of carboxylic acid groups (broad SMARTS) is 1. The molecule has 0 saturated heterocycles. The minimum atomic E-state index is -0.800. The fourth-order valence-electron chi connectivity index (χ4n) is 1.37. The summed E-state index contributed by atoms with van der Waals surface area (Å²) in [4.78, 5) is 14.8. The molecule has 0 amide bonds. The highest BCUT2D eigenvalue weighted by Gasteiger charge is 2.04. The summed E-state index contributed by atoms with van der Waals surface area (Å²) < 4.78 is 1.06. The molecule has 0 aliphatic rings. The molecule has 0 aliphatic heterocycles. The van der Waals surface area contributed by atoms with Crippen LogP contribution in [-0.4, -0.2) is 16.1 Å². The lowest BCUT2D eigenvalue weighted by atomic mass is 10.1. The van der Waals surface area contributed by atoms with Crippen LogP contribution in [0.2, 0.25) is 0 Å². The summed E-state index contributed by atoms with van der Waals surface area (Å²) in [6, 6.07) is 5.58. The molecule has 1 aromatic carbocycles. The summed E-state index contributed by atoms with van der Waals surface area (Å²) in [7, 11) is 0. The van der Waals surface area contributed by atoms with Crippen molar-refractivity contribution in [3.8, 4) is 0 Å². The molecule has 0 atom stereocenters. The fraction of sp³-hybridized carbons (Fsp3) is 0.200. The van der Waals surface area contributed by atoms with Crippen molar-refractivity contribution in [2.24, 2.45) is 0 Å². The Kier molecular flexibility index (Phi) is 2.21. The third-order valence-corrected chi connectivity index (χ3v) is 2.85. The van der Waals surface area contributed by atoms with E-state index in [-0.39, 0.29) is 6.42 Å². The fourth-order valence-corrected chi connectivity index (χ4v) is 2.26. The van der Waals surface area contributed by atoms with Crippen LogP contribution in [0.4, 0.5) is 0 Å². The van der Waals surface area contributed by atoms with Crippen molar-refractivity contribution in [1.29, 1.82) is 0 Å². The van der Waals surface area contributed by atoms with Crippen molar-refractivity contribution in [2.45, 2.75) is 13.3 Å². The van der Waals surface area contributed by atoms with Gasteiger partial charge in [0.1, 0.15) is 0 Å². The van der Waals surface area contributed by atoms with Gasteiger partial charge in [-0.3, -0.25) is 4.79 Å². The summed E-state index contributed by atoms with van der Waals surface area (Å²) in [5.74, 6) is -0.800. The lowest BCUT2D eigenvalue weighted by Gasteiger charge is -1.95. The van der Waals surface area contributed by atoms with E-state index in [1.165, 1.54) is 0 Å². The summed E-state index contributed by atoms with van der Waals surface area (Å²) in [5.41, 5.74) is 1.77. The Hall–Kier alpha value is -1.42. The van der Waals surface area contributed by atoms with Crippen molar-refractivity contribution in [3.63, 3.8) is 0 Å². The van der Waals surface area contributed by atoms with E-state index in [0.29, 0.717) is 0 Å². The Labute approximate surface area is 85.0 Å². The summed E-state index contributed by atoms with van der Waals surface area (Å²) in [6.07, 6.45) is 0.0763. The Balaban J connectivity index is 2.45. The van der Waals surface area contributed by atoms with Crippen LogP contribution in [0.1, 0.15) is 10.6 Å². The summed E-state index contributed by atoms with van der Waals surface area (Å²) in [5, 5.41) is 9.64. The van der Waals surface area contributed by atoms with Crippen molar-refractivity contribution in [1.82, 2.24) is 4.98 Å². The maximum absolute atomic E-state index is 10.5. The van der Waals surface area contributed by atoms with Gasteiger partial charge in [-0.1, -0.05) is 6.07 Å². The third kappa shape index (κ3) is 1.75. The van der Waals surface area contributed by atoms with Gasteiger partial charge in [-0.15, -0.1) is 11.3 Å². The number of nitrogens with zero attached hydrogens (tertiary/aromatic N) is 1. The van der Waals surface area contributed by atoms with Crippen LogP contribution < -0.4 is 0 Å². The number of aromatic nitrogens is 1. The Morgan fingerprint density at radius 2 is 2.36 bits per heavy atom. The number of thiazole rings is 1. The number of aryl methyl sites for hydroxylation is 1. The average molecular weight is 207 g/mol. The first kappa shape index (κ1) is 9.15. The maximum atomic E-state index is 10.5. The number of aliphatic carboxylic acids is 1. The number of fused-ring (bicyclic) bond motifs is 1. The molecule has 1 N–H and O–H groups in total. The second-order valence-corrected chi connectivity index (χ2v) is 4.34. The quantitative estimate of drug-likeness (QED) is 0.821. The zero-order chi connectivity index (χ0) is 10.1. The Bertz CT molecular complexity index is 490. The SMILES string of the molecule is Cc1nc2ccc(CC(=O)O)cc2s1. The molecule has 0 radical (unpaired) electrons. The topological polar surface area (TPSA) is 50.2 Å². The van der Waals surface area contributed by atoms with E-state index in [1.54, 1.807) is 11.3 Å². The molecule has 0 fully saturated rings. The maximum Gasteiger partial charge on any atom is 0.307 e. The van der Waals surface area contributed by atoms with Gasteiger partial charge in [0.15, 0.2) is 0 Å². The smallest absolute Gasteiger partial charge is 0.307 e. The lowest BCUT2D eigenvalue weighted by Crippen LogP contribution is -1.99. The van der Waals surface area contributed by atoms with Crippen LogP contribution in [-0.2, 0) is 11.2 Å². The molecule has 2 aromatic rings. The number of rotatable bonds is 2. The van der Waals surface area contributed by atoms with E-state index >= 15 is 0 Å². The van der Waals surface area contributed by atoms with Gasteiger partial charge in [-0.2, -0.15) is 0 Å². The van der Waals surface area contributed by atoms with Gasteiger partial charge in [0.25, 0.3) is 0 Å². The highest BCUT2D eigenvalue weighted by atomic mass is 32.1. The predicted molar refractivity (Wildman–Crippen MR) is 55.7 cm³/mol. The largest absolute Gasteiger partial charge is 0.481 e. The van der Waals surface area contributed by atoms with Crippen molar-refractivity contribution in [2.75, 3.05) is 0 Å². The molecule has 0 bridgehead atoms. The highest BCUT2D eigenvalue weighted by molar-refractivity contribution is 7.18. The van der Waals surface area contributed by atoms with E-state index in [1.807, 2.05) is 25.1 Å². The molecule has 0 saturated carbocycles. The molecule has 72 valence electrons.